The molecule has 158 valence electrons. The van der Waals surface area contributed by atoms with Gasteiger partial charge in [-0.3, -0.25) is 9.36 Å². The molecule has 3 rings (SSSR count). The number of thioether (sulfide) groups is 1. The lowest BCUT2D eigenvalue weighted by molar-refractivity contribution is -0.137. The predicted molar refractivity (Wildman–Crippen MR) is 111 cm³/mol. The normalized spacial score (nSPS) is 12.6. The minimum Gasteiger partial charge on any atom is -0.346 e. The molecule has 5 nitrogen and oxygen atoms in total. The van der Waals surface area contributed by atoms with Crippen LogP contribution in [0.4, 0.5) is 13.2 Å². The highest BCUT2D eigenvalue weighted by atomic mass is 35.5. The third-order valence-electron chi connectivity index (χ3n) is 4.11. The van der Waals surface area contributed by atoms with Crippen LogP contribution in [0.15, 0.2) is 53.7 Å². The van der Waals surface area contributed by atoms with Crippen LogP contribution in [0.5, 0.6) is 0 Å². The third-order valence-corrected chi connectivity index (χ3v) is 5.40. The fourth-order valence-corrected chi connectivity index (χ4v) is 3.69. The Labute approximate surface area is 180 Å². The zero-order valence-electron chi connectivity index (χ0n) is 16.1. The van der Waals surface area contributed by atoms with Gasteiger partial charge in [0.2, 0.25) is 5.91 Å². The summed E-state index contributed by atoms with van der Waals surface area (Å²) in [6, 6.07) is 14.7. The van der Waals surface area contributed by atoms with E-state index >= 15 is 0 Å². The smallest absolute Gasteiger partial charge is 0.346 e. The minimum absolute atomic E-state index is 0.389. The molecule has 0 spiro atoms. The standard InChI is InChI=1S/C20H18ClF3N4OS/c1-12-4-3-5-16(10-12)28-17(14-6-8-15(21)9-7-14)26-27-19(28)30-13(2)18(29)25-11-20(22,23)24/h3-10,13H,11H2,1-2H3,(H,25,29). The van der Waals surface area contributed by atoms with E-state index in [1.165, 1.54) is 6.92 Å². The molecular formula is C20H18ClF3N4OS. The van der Waals surface area contributed by atoms with Crippen LogP contribution >= 0.6 is 23.4 Å². The number of hydrogen-bond donors (Lipinski definition) is 1. The van der Waals surface area contributed by atoms with Gasteiger partial charge in [0.05, 0.1) is 5.25 Å². The van der Waals surface area contributed by atoms with Crippen LogP contribution in [0.2, 0.25) is 5.02 Å². The number of nitrogens with one attached hydrogen (secondary N) is 1. The number of amides is 1. The summed E-state index contributed by atoms with van der Waals surface area (Å²) in [7, 11) is 0. The maximum atomic E-state index is 12.4. The van der Waals surface area contributed by atoms with Crippen molar-refractivity contribution in [2.75, 3.05) is 6.54 Å². The van der Waals surface area contributed by atoms with Crippen LogP contribution in [0, 0.1) is 6.92 Å². The summed E-state index contributed by atoms with van der Waals surface area (Å²) in [6.07, 6.45) is -4.47. The van der Waals surface area contributed by atoms with E-state index in [0.29, 0.717) is 16.0 Å². The summed E-state index contributed by atoms with van der Waals surface area (Å²) in [5.41, 5.74) is 2.54. The zero-order chi connectivity index (χ0) is 21.9. The summed E-state index contributed by atoms with van der Waals surface area (Å²) in [5.74, 6) is -0.202. The summed E-state index contributed by atoms with van der Waals surface area (Å²) in [4.78, 5) is 12.1. The van der Waals surface area contributed by atoms with Crippen molar-refractivity contribution in [3.8, 4) is 17.1 Å². The van der Waals surface area contributed by atoms with Gasteiger partial charge in [0.15, 0.2) is 11.0 Å². The van der Waals surface area contributed by atoms with E-state index in [4.69, 9.17) is 11.6 Å². The average molecular weight is 455 g/mol. The molecule has 0 saturated carbocycles. The van der Waals surface area contributed by atoms with E-state index in [0.717, 1.165) is 28.6 Å². The molecule has 3 aromatic rings. The lowest BCUT2D eigenvalue weighted by atomic mass is 10.2. The van der Waals surface area contributed by atoms with Crippen molar-refractivity contribution >= 4 is 29.3 Å². The Kier molecular flexibility index (Phi) is 6.72. The first-order chi connectivity index (χ1) is 14.1. The average Bonchev–Trinajstić information content (AvgIpc) is 3.09. The van der Waals surface area contributed by atoms with E-state index < -0.39 is 23.9 Å². The molecule has 1 unspecified atom stereocenters. The number of benzene rings is 2. The van der Waals surface area contributed by atoms with Crippen LogP contribution in [-0.4, -0.2) is 38.6 Å². The molecule has 0 bridgehead atoms. The van der Waals surface area contributed by atoms with Crippen LogP contribution in [0.25, 0.3) is 17.1 Å². The molecule has 30 heavy (non-hydrogen) atoms. The lowest BCUT2D eigenvalue weighted by Crippen LogP contribution is -2.38. The van der Waals surface area contributed by atoms with Gasteiger partial charge in [-0.1, -0.05) is 35.5 Å². The highest BCUT2D eigenvalue weighted by molar-refractivity contribution is 8.00. The molecule has 0 fully saturated rings. The molecule has 1 atom stereocenters. The second-order valence-electron chi connectivity index (χ2n) is 6.58. The third kappa shape index (κ3) is 5.54. The molecule has 0 saturated heterocycles. The number of rotatable bonds is 6. The number of aryl methyl sites for hydroxylation is 1. The first-order valence-electron chi connectivity index (χ1n) is 8.93. The summed E-state index contributed by atoms with van der Waals surface area (Å²) in [6.45, 7) is 2.08. The molecule has 1 N–H and O–H groups in total. The van der Waals surface area contributed by atoms with E-state index in [1.807, 2.05) is 36.5 Å². The van der Waals surface area contributed by atoms with Gasteiger partial charge in [0, 0.05) is 16.3 Å². The number of alkyl halides is 3. The van der Waals surface area contributed by atoms with Crippen LogP contribution in [0.1, 0.15) is 12.5 Å². The fraction of sp³-hybridized carbons (Fsp3) is 0.250. The Morgan fingerprint density at radius 2 is 1.90 bits per heavy atom. The van der Waals surface area contributed by atoms with E-state index in [2.05, 4.69) is 10.2 Å². The van der Waals surface area contributed by atoms with Gasteiger partial charge in [-0.15, -0.1) is 10.2 Å². The molecule has 10 heteroatoms. The maximum Gasteiger partial charge on any atom is 0.405 e. The number of carbonyl (C=O) groups excluding carboxylic acids is 1. The van der Waals surface area contributed by atoms with Gasteiger partial charge in [-0.05, 0) is 55.8 Å². The Bertz CT molecular complexity index is 1040. The second kappa shape index (κ2) is 9.09. The molecule has 1 amide bonds. The van der Waals surface area contributed by atoms with E-state index in [-0.39, 0.29) is 0 Å². The van der Waals surface area contributed by atoms with Crippen molar-refractivity contribution in [2.24, 2.45) is 0 Å². The summed E-state index contributed by atoms with van der Waals surface area (Å²) < 4.78 is 38.9. The fourth-order valence-electron chi connectivity index (χ4n) is 2.67. The SMILES string of the molecule is Cc1cccc(-n2c(SC(C)C(=O)NCC(F)(F)F)nnc2-c2ccc(Cl)cc2)c1. The highest BCUT2D eigenvalue weighted by Crippen LogP contribution is 2.31. The monoisotopic (exact) mass is 454 g/mol. The van der Waals surface area contributed by atoms with Crippen molar-refractivity contribution in [3.05, 3.63) is 59.1 Å². The number of nitrogens with zero attached hydrogens (tertiary/aromatic N) is 3. The molecule has 1 heterocycles. The van der Waals surface area contributed by atoms with Crippen LogP contribution in [-0.2, 0) is 4.79 Å². The largest absolute Gasteiger partial charge is 0.405 e. The van der Waals surface area contributed by atoms with Crippen LogP contribution < -0.4 is 5.32 Å². The van der Waals surface area contributed by atoms with E-state index in [9.17, 15) is 18.0 Å². The number of halogens is 4. The number of hydrogen-bond acceptors (Lipinski definition) is 4. The highest BCUT2D eigenvalue weighted by Gasteiger charge is 2.29. The van der Waals surface area contributed by atoms with Crippen molar-refractivity contribution in [1.82, 2.24) is 20.1 Å². The minimum atomic E-state index is -4.47. The first-order valence-corrected chi connectivity index (χ1v) is 10.2. The topological polar surface area (TPSA) is 59.8 Å². The molecule has 0 aliphatic carbocycles. The molecule has 0 radical (unpaired) electrons. The lowest BCUT2D eigenvalue weighted by Gasteiger charge is -2.15. The van der Waals surface area contributed by atoms with Crippen molar-refractivity contribution in [3.63, 3.8) is 0 Å². The number of carbonyl (C=O) groups is 1. The quantitative estimate of drug-likeness (QED) is 0.529. The van der Waals surface area contributed by atoms with Crippen LogP contribution in [0.3, 0.4) is 0 Å². The molecule has 1 aromatic heterocycles. The first kappa shape index (κ1) is 22.2. The van der Waals surface area contributed by atoms with E-state index in [1.54, 1.807) is 28.8 Å². The molecular weight excluding hydrogens is 437 g/mol. The van der Waals surface area contributed by atoms with Gasteiger partial charge in [-0.25, -0.2) is 0 Å². The molecule has 0 aliphatic rings. The van der Waals surface area contributed by atoms with Crippen molar-refractivity contribution < 1.29 is 18.0 Å². The maximum absolute atomic E-state index is 12.4. The second-order valence-corrected chi connectivity index (χ2v) is 8.32. The molecule has 2 aromatic carbocycles. The van der Waals surface area contributed by atoms with Gasteiger partial charge < -0.3 is 5.32 Å². The van der Waals surface area contributed by atoms with Gasteiger partial charge in [0.25, 0.3) is 0 Å². The Balaban J connectivity index is 1.94. The number of aromatic nitrogens is 3. The van der Waals surface area contributed by atoms with Gasteiger partial charge in [0.1, 0.15) is 6.54 Å². The molecule has 0 aliphatic heterocycles. The summed E-state index contributed by atoms with van der Waals surface area (Å²) >= 11 is 7.01. The Hall–Kier alpha value is -2.52. The Morgan fingerprint density at radius 1 is 1.20 bits per heavy atom. The Morgan fingerprint density at radius 3 is 2.53 bits per heavy atom. The summed E-state index contributed by atoms with van der Waals surface area (Å²) in [5, 5.41) is 10.5. The zero-order valence-corrected chi connectivity index (χ0v) is 17.6. The van der Waals surface area contributed by atoms with Crippen molar-refractivity contribution in [1.29, 1.82) is 0 Å². The predicted octanol–water partition coefficient (Wildman–Crippen LogP) is 5.06. The van der Waals surface area contributed by atoms with Gasteiger partial charge >= 0.3 is 6.18 Å². The van der Waals surface area contributed by atoms with Crippen molar-refractivity contribution in [2.45, 2.75) is 30.4 Å². The van der Waals surface area contributed by atoms with Gasteiger partial charge in [-0.2, -0.15) is 13.2 Å².